The fraction of sp³-hybridized carbons (Fsp3) is 0.120. The summed E-state index contributed by atoms with van der Waals surface area (Å²) < 4.78 is 17.1. The van der Waals surface area contributed by atoms with Crippen LogP contribution in [0, 0.1) is 20.2 Å². The molecule has 0 bridgehead atoms. The molecule has 0 atom stereocenters. The summed E-state index contributed by atoms with van der Waals surface area (Å²) in [5.41, 5.74) is 9.88. The Labute approximate surface area is 554 Å². The predicted molar refractivity (Wildman–Crippen MR) is 376 cm³/mol. The number of halogens is 1. The maximum absolute atomic E-state index is 11.5. The van der Waals surface area contributed by atoms with E-state index in [0.717, 1.165) is 65.2 Å². The van der Waals surface area contributed by atoms with Crippen molar-refractivity contribution in [3.63, 3.8) is 0 Å². The van der Waals surface area contributed by atoms with Crippen LogP contribution in [0.3, 0.4) is 0 Å². The number of rotatable bonds is 12. The molecule has 0 N–H and O–H groups in total. The van der Waals surface area contributed by atoms with E-state index in [1.54, 1.807) is 18.3 Å². The van der Waals surface area contributed by atoms with Crippen molar-refractivity contribution < 1.29 is 19.2 Å². The molecule has 19 heteroatoms. The molecule has 15 rings (SSSR count). The Morgan fingerprint density at radius 2 is 0.809 bits per heavy atom. The van der Waals surface area contributed by atoms with E-state index in [9.17, 15) is 20.2 Å². The number of aromatic nitrogens is 8. The standard InChI is InChI=1S/C34H23N5O2.C29H20BrN3.C11H15BN2O4.CH4.B/c40-39(41)32-22-24(18-21-36-32)30-17-16-28-29-23-35-20-19-31(29)38(33(28)37-30)34(25-10-4-1-5-11-25,26-12-6-2-7-13-26)27-14-8-3-9-15-27;30-27-17-16-24-25-20-31-19-18-26(25)33(28(24)32-27)29(21-10-4-1-5-11-21,22-12-6-2-7-13-22)23-14-8-3-9-15-23;1-10(2)11(3,4)18-12(17-10)8-5-6-13-9(7-8)14(15)16;;/h1-23H;1-20H;5-7H,1-4H3;1H4;. The Hall–Kier alpha value is -10.9. The van der Waals surface area contributed by atoms with Gasteiger partial charge in [-0.25, -0.2) is 9.97 Å². The third kappa shape index (κ3) is 11.6. The first-order chi connectivity index (χ1) is 44.7. The average molecular weight is 1300 g/mol. The van der Waals surface area contributed by atoms with E-state index in [0.29, 0.717) is 16.7 Å². The Bertz CT molecular complexity index is 4790. The number of hydrogen-bond donors (Lipinski definition) is 0. The van der Waals surface area contributed by atoms with Gasteiger partial charge in [-0.1, -0.05) is 189 Å². The molecule has 0 aliphatic carbocycles. The van der Waals surface area contributed by atoms with Crippen molar-refractivity contribution in [1.29, 1.82) is 0 Å². The van der Waals surface area contributed by atoms with Crippen molar-refractivity contribution in [3.8, 4) is 11.3 Å². The molecule has 1 aliphatic rings. The molecule has 461 valence electrons. The molecule has 1 fully saturated rings. The van der Waals surface area contributed by atoms with Crippen LogP contribution in [-0.4, -0.2) is 75.6 Å². The van der Waals surface area contributed by atoms with Crippen LogP contribution >= 0.6 is 15.9 Å². The summed E-state index contributed by atoms with van der Waals surface area (Å²) >= 11 is 3.62. The second kappa shape index (κ2) is 26.8. The zero-order valence-electron chi connectivity index (χ0n) is 51.0. The van der Waals surface area contributed by atoms with Crippen LogP contribution in [0.25, 0.3) is 55.1 Å². The minimum Gasteiger partial charge on any atom is -0.399 e. The number of pyridine rings is 6. The summed E-state index contributed by atoms with van der Waals surface area (Å²) in [6.07, 6.45) is 10.3. The van der Waals surface area contributed by atoms with Crippen LogP contribution < -0.4 is 5.46 Å². The minimum atomic E-state index is -0.805. The molecule has 6 aromatic carbocycles. The molecule has 0 amide bonds. The van der Waals surface area contributed by atoms with E-state index in [2.05, 4.69) is 221 Å². The highest BCUT2D eigenvalue weighted by atomic mass is 79.9. The van der Waals surface area contributed by atoms with Gasteiger partial charge in [-0.05, 0) is 151 Å². The molecule has 8 aromatic heterocycles. The first-order valence-corrected chi connectivity index (χ1v) is 30.6. The van der Waals surface area contributed by atoms with Gasteiger partial charge in [0.05, 0.1) is 27.9 Å². The summed E-state index contributed by atoms with van der Waals surface area (Å²) in [6, 6.07) is 81.7. The Morgan fingerprint density at radius 1 is 0.447 bits per heavy atom. The number of fused-ring (bicyclic) bond motifs is 6. The number of nitrogens with zero attached hydrogens (tertiary/aromatic N) is 10. The summed E-state index contributed by atoms with van der Waals surface area (Å²) in [5, 5.41) is 26.2. The lowest BCUT2D eigenvalue weighted by Crippen LogP contribution is -2.41. The topological polar surface area (TPSA) is 192 Å². The van der Waals surface area contributed by atoms with Crippen molar-refractivity contribution in [2.24, 2.45) is 0 Å². The fourth-order valence-corrected chi connectivity index (χ4v) is 12.8. The highest BCUT2D eigenvalue weighted by Gasteiger charge is 2.52. The first kappa shape index (κ1) is 64.7. The first-order valence-electron chi connectivity index (χ1n) is 29.8. The molecule has 1 aliphatic heterocycles. The van der Waals surface area contributed by atoms with E-state index in [-0.39, 0.29) is 27.5 Å². The van der Waals surface area contributed by atoms with Gasteiger partial charge in [0, 0.05) is 72.4 Å². The van der Waals surface area contributed by atoms with Crippen LogP contribution in [0.5, 0.6) is 0 Å². The quantitative estimate of drug-likeness (QED) is 0.0370. The molecule has 1 saturated heterocycles. The minimum absolute atomic E-state index is 0. The van der Waals surface area contributed by atoms with Crippen LogP contribution in [0.15, 0.2) is 284 Å². The van der Waals surface area contributed by atoms with Crippen molar-refractivity contribution >= 4 is 92.4 Å². The fourth-order valence-electron chi connectivity index (χ4n) is 12.5. The molecule has 94 heavy (non-hydrogen) atoms. The highest BCUT2D eigenvalue weighted by molar-refractivity contribution is 9.10. The molecule has 0 unspecified atom stereocenters. The maximum Gasteiger partial charge on any atom is 0.495 e. The third-order valence-electron chi connectivity index (χ3n) is 17.3. The van der Waals surface area contributed by atoms with Gasteiger partial charge in [0.25, 0.3) is 0 Å². The van der Waals surface area contributed by atoms with E-state index in [1.807, 2.05) is 88.8 Å². The Kier molecular flexibility index (Phi) is 18.4. The second-order valence-electron chi connectivity index (χ2n) is 23.1. The van der Waals surface area contributed by atoms with Gasteiger partial charge in [-0.15, -0.1) is 0 Å². The molecular weight excluding hydrogens is 1240 g/mol. The summed E-state index contributed by atoms with van der Waals surface area (Å²) in [7, 11) is -0.600. The second-order valence-corrected chi connectivity index (χ2v) is 23.9. The SMILES string of the molecule is Brc1ccc2c3cnccc3n(C(c3ccccc3)(c3ccccc3)c3ccccc3)c2n1.C.CC1(C)OB(c2ccnc([N+](=O)[O-])c2)OC1(C)C.O=[N+]([O-])c1cc(-c2ccc3c4cnccc4n(C(c4ccccc4)(c4ccccc4)c4ccccc4)c3n2)ccn1.[B]. The number of benzene rings is 6. The monoisotopic (exact) mass is 1300 g/mol. The van der Waals surface area contributed by atoms with Gasteiger partial charge < -0.3 is 38.7 Å². The molecule has 9 heterocycles. The van der Waals surface area contributed by atoms with Gasteiger partial charge in [0.2, 0.25) is 0 Å². The zero-order valence-corrected chi connectivity index (χ0v) is 52.6. The van der Waals surface area contributed by atoms with E-state index >= 15 is 0 Å². The maximum atomic E-state index is 11.5. The number of nitro groups is 2. The Morgan fingerprint density at radius 3 is 1.20 bits per heavy atom. The van der Waals surface area contributed by atoms with Gasteiger partial charge in [0.1, 0.15) is 39.4 Å². The number of hydrogen-bond acceptors (Lipinski definition) is 12. The molecule has 0 spiro atoms. The normalized spacial score (nSPS) is 13.2. The smallest absolute Gasteiger partial charge is 0.399 e. The summed E-state index contributed by atoms with van der Waals surface area (Å²) in [4.78, 5) is 47.8. The van der Waals surface area contributed by atoms with E-state index in [1.165, 1.54) is 41.2 Å². The van der Waals surface area contributed by atoms with Gasteiger partial charge in [0.15, 0.2) is 0 Å². The van der Waals surface area contributed by atoms with E-state index in [4.69, 9.17) is 19.3 Å². The lowest BCUT2D eigenvalue weighted by molar-refractivity contribution is -0.389. The molecule has 3 radical (unpaired) electrons. The summed E-state index contributed by atoms with van der Waals surface area (Å²) in [6.45, 7) is 7.73. The zero-order chi connectivity index (χ0) is 63.6. The molecule has 14 aromatic rings. The van der Waals surface area contributed by atoms with Crippen LogP contribution in [0.4, 0.5) is 11.6 Å². The van der Waals surface area contributed by atoms with Crippen LogP contribution in [0.2, 0.25) is 0 Å². The third-order valence-corrected chi connectivity index (χ3v) is 17.8. The molecule has 16 nitrogen and oxygen atoms in total. The highest BCUT2D eigenvalue weighted by Crippen LogP contribution is 2.48. The lowest BCUT2D eigenvalue weighted by atomic mass is 9.76. The predicted octanol–water partition coefficient (Wildman–Crippen LogP) is 16.1. The molecule has 0 saturated carbocycles. The van der Waals surface area contributed by atoms with Crippen molar-refractivity contribution in [2.45, 2.75) is 57.4 Å². The largest absolute Gasteiger partial charge is 0.495 e. The van der Waals surface area contributed by atoms with Crippen molar-refractivity contribution in [1.82, 2.24) is 39.0 Å². The van der Waals surface area contributed by atoms with Gasteiger partial charge in [-0.2, -0.15) is 0 Å². The van der Waals surface area contributed by atoms with Gasteiger partial charge in [-0.3, -0.25) is 9.97 Å². The average Bonchev–Trinajstić information content (AvgIpc) is 1.47. The molecular formula is C75H62B2BrN10O6. The van der Waals surface area contributed by atoms with Crippen molar-refractivity contribution in [2.75, 3.05) is 0 Å². The van der Waals surface area contributed by atoms with Crippen LogP contribution in [-0.2, 0) is 20.4 Å². The lowest BCUT2D eigenvalue weighted by Gasteiger charge is -2.38. The van der Waals surface area contributed by atoms with Crippen LogP contribution in [0.1, 0.15) is 68.5 Å². The summed E-state index contributed by atoms with van der Waals surface area (Å²) in [5.74, 6) is -0.427. The van der Waals surface area contributed by atoms with Gasteiger partial charge >= 0.3 is 18.8 Å². The van der Waals surface area contributed by atoms with Crippen molar-refractivity contribution in [3.05, 3.63) is 338 Å². The van der Waals surface area contributed by atoms with E-state index < -0.39 is 39.2 Å². The Balaban J connectivity index is 0.000000153.